The van der Waals surface area contributed by atoms with Gasteiger partial charge in [0.1, 0.15) is 18.1 Å². The summed E-state index contributed by atoms with van der Waals surface area (Å²) in [5, 5.41) is 0. The first-order valence-electron chi connectivity index (χ1n) is 9.59. The van der Waals surface area contributed by atoms with Gasteiger partial charge in [-0.25, -0.2) is 4.79 Å². The van der Waals surface area contributed by atoms with Crippen molar-refractivity contribution in [3.8, 4) is 11.5 Å². The molecule has 1 aliphatic heterocycles. The highest BCUT2D eigenvalue weighted by atomic mass is 79.9. The molecule has 0 fully saturated rings. The molecule has 156 valence electrons. The second-order valence-electron chi connectivity index (χ2n) is 7.05. The number of halogens is 1. The summed E-state index contributed by atoms with van der Waals surface area (Å²) >= 11 is 3.49. The zero-order chi connectivity index (χ0) is 22.0. The Balaban J connectivity index is 1.51. The highest BCUT2D eigenvalue weighted by Gasteiger charge is 2.30. The number of fused-ring (bicyclic) bond motifs is 1. The van der Waals surface area contributed by atoms with Gasteiger partial charge >= 0.3 is 5.97 Å². The fourth-order valence-corrected chi connectivity index (χ4v) is 3.71. The lowest BCUT2D eigenvalue weighted by atomic mass is 10.0. The minimum Gasteiger partial charge on any atom is -0.489 e. The topological polar surface area (TPSA) is 61.8 Å². The van der Waals surface area contributed by atoms with Crippen LogP contribution in [0.3, 0.4) is 0 Å². The lowest BCUT2D eigenvalue weighted by molar-refractivity contribution is 0.0600. The summed E-state index contributed by atoms with van der Waals surface area (Å²) in [7, 11) is 1.35. The van der Waals surface area contributed by atoms with Gasteiger partial charge in [-0.3, -0.25) is 4.79 Å². The smallest absolute Gasteiger partial charge is 0.337 e. The van der Waals surface area contributed by atoms with E-state index in [4.69, 9.17) is 14.2 Å². The quantitative estimate of drug-likeness (QED) is 0.345. The molecule has 0 saturated carbocycles. The number of esters is 1. The number of carbonyl (C=O) groups excluding carboxylic acids is 2. The zero-order valence-corrected chi connectivity index (χ0v) is 18.6. The van der Waals surface area contributed by atoms with Gasteiger partial charge in [-0.1, -0.05) is 46.3 Å². The molecule has 0 amide bonds. The number of allylic oxidation sites excluding steroid dienone is 1. The summed E-state index contributed by atoms with van der Waals surface area (Å²) in [4.78, 5) is 24.4. The molecule has 4 rings (SSSR count). The van der Waals surface area contributed by atoms with Crippen molar-refractivity contribution in [2.75, 3.05) is 7.11 Å². The third-order valence-electron chi connectivity index (χ3n) is 4.92. The van der Waals surface area contributed by atoms with Crippen LogP contribution in [0.25, 0.3) is 6.08 Å². The lowest BCUT2D eigenvalue weighted by Gasteiger charge is -2.09. The van der Waals surface area contributed by atoms with Crippen LogP contribution < -0.4 is 9.47 Å². The molecule has 0 spiro atoms. The molecular weight excluding hydrogens is 460 g/mol. The van der Waals surface area contributed by atoms with Crippen molar-refractivity contribution in [2.45, 2.75) is 13.5 Å². The largest absolute Gasteiger partial charge is 0.489 e. The molecule has 0 bridgehead atoms. The number of hydrogen-bond donors (Lipinski definition) is 0. The predicted molar refractivity (Wildman–Crippen MR) is 120 cm³/mol. The Morgan fingerprint density at radius 3 is 2.55 bits per heavy atom. The molecule has 3 aromatic rings. The summed E-state index contributed by atoms with van der Waals surface area (Å²) in [5.74, 6) is 0.839. The predicted octanol–water partition coefficient (Wildman–Crippen LogP) is 5.74. The first-order valence-corrected chi connectivity index (χ1v) is 10.4. The average Bonchev–Trinajstić information content (AvgIpc) is 3.09. The van der Waals surface area contributed by atoms with E-state index in [9.17, 15) is 9.59 Å². The highest BCUT2D eigenvalue weighted by Crippen LogP contribution is 2.38. The van der Waals surface area contributed by atoms with E-state index in [1.807, 2.05) is 49.4 Å². The zero-order valence-electron chi connectivity index (χ0n) is 17.0. The van der Waals surface area contributed by atoms with Crippen LogP contribution in [0, 0.1) is 6.92 Å². The van der Waals surface area contributed by atoms with Crippen molar-refractivity contribution in [1.82, 2.24) is 0 Å². The van der Waals surface area contributed by atoms with Gasteiger partial charge in [0.2, 0.25) is 5.78 Å². The van der Waals surface area contributed by atoms with Crippen molar-refractivity contribution >= 4 is 33.8 Å². The molecule has 0 saturated heterocycles. The Labute approximate surface area is 188 Å². The minimum atomic E-state index is -0.380. The van der Waals surface area contributed by atoms with Gasteiger partial charge in [0.05, 0.1) is 18.2 Å². The van der Waals surface area contributed by atoms with E-state index in [1.54, 1.807) is 24.3 Å². The van der Waals surface area contributed by atoms with Crippen LogP contribution in [0.2, 0.25) is 0 Å². The second kappa shape index (κ2) is 8.78. The number of carbonyl (C=O) groups is 2. The highest BCUT2D eigenvalue weighted by molar-refractivity contribution is 9.10. The number of benzene rings is 3. The van der Waals surface area contributed by atoms with Crippen molar-refractivity contribution < 1.29 is 23.8 Å². The van der Waals surface area contributed by atoms with E-state index < -0.39 is 0 Å². The molecule has 3 aromatic carbocycles. The van der Waals surface area contributed by atoms with Crippen molar-refractivity contribution in [3.63, 3.8) is 0 Å². The number of rotatable bonds is 5. The van der Waals surface area contributed by atoms with Crippen LogP contribution in [0.15, 0.2) is 70.9 Å². The third kappa shape index (κ3) is 4.39. The third-order valence-corrected chi connectivity index (χ3v) is 5.64. The number of ether oxygens (including phenoxy) is 3. The van der Waals surface area contributed by atoms with Crippen LogP contribution in [-0.4, -0.2) is 18.9 Å². The van der Waals surface area contributed by atoms with Gasteiger partial charge in [0, 0.05) is 10.5 Å². The van der Waals surface area contributed by atoms with E-state index in [1.165, 1.54) is 7.11 Å². The SMILES string of the molecule is COC(=O)c1ccc(COc2cc(C)c3c(c2)O/C(=C\c2ccccc2Br)C3=O)cc1. The summed E-state index contributed by atoms with van der Waals surface area (Å²) in [6, 6.07) is 18.2. The normalized spacial score (nSPS) is 13.6. The fourth-order valence-electron chi connectivity index (χ4n) is 3.32. The maximum atomic E-state index is 12.8. The Morgan fingerprint density at radius 1 is 1.10 bits per heavy atom. The molecule has 0 unspecified atom stereocenters. The number of Topliss-reactive ketones (excluding diaryl/α,β-unsaturated/α-hetero) is 1. The number of methoxy groups -OCH3 is 1. The summed E-state index contributed by atoms with van der Waals surface area (Å²) < 4.78 is 17.4. The summed E-state index contributed by atoms with van der Waals surface area (Å²) in [6.45, 7) is 2.17. The van der Waals surface area contributed by atoms with Gasteiger partial charge in [0.15, 0.2) is 5.76 Å². The first-order chi connectivity index (χ1) is 15.0. The summed E-state index contributed by atoms with van der Waals surface area (Å²) in [6.07, 6.45) is 1.73. The molecule has 0 radical (unpaired) electrons. The fraction of sp³-hybridized carbons (Fsp3) is 0.120. The Morgan fingerprint density at radius 2 is 1.84 bits per heavy atom. The lowest BCUT2D eigenvalue weighted by Crippen LogP contribution is -2.02. The molecule has 1 heterocycles. The molecule has 1 aliphatic rings. The number of aryl methyl sites for hydroxylation is 1. The summed E-state index contributed by atoms with van der Waals surface area (Å²) in [5.41, 5.74) is 3.58. The Bertz CT molecular complexity index is 1200. The Hall–Kier alpha value is -3.38. The van der Waals surface area contributed by atoms with Crippen molar-refractivity contribution in [3.05, 3.63) is 98.7 Å². The van der Waals surface area contributed by atoms with Crippen molar-refractivity contribution in [1.29, 1.82) is 0 Å². The van der Waals surface area contributed by atoms with Gasteiger partial charge in [-0.15, -0.1) is 0 Å². The number of ketones is 1. The second-order valence-corrected chi connectivity index (χ2v) is 7.91. The molecule has 0 N–H and O–H groups in total. The molecule has 5 nitrogen and oxygen atoms in total. The van der Waals surface area contributed by atoms with Crippen LogP contribution >= 0.6 is 15.9 Å². The van der Waals surface area contributed by atoms with Crippen LogP contribution in [0.4, 0.5) is 0 Å². The van der Waals surface area contributed by atoms with E-state index in [2.05, 4.69) is 15.9 Å². The maximum Gasteiger partial charge on any atom is 0.337 e. The standard InChI is InChI=1S/C25H19BrO5/c1-15-11-19(30-14-16-7-9-17(10-8-16)25(28)29-2)13-21-23(15)24(27)22(31-21)12-18-5-3-4-6-20(18)26/h3-13H,14H2,1-2H3/b22-12-. The molecule has 6 heteroatoms. The van der Waals surface area contributed by atoms with Crippen LogP contribution in [0.5, 0.6) is 11.5 Å². The first kappa shape index (κ1) is 20.9. The van der Waals surface area contributed by atoms with Crippen molar-refractivity contribution in [2.24, 2.45) is 0 Å². The molecule has 31 heavy (non-hydrogen) atoms. The van der Waals surface area contributed by atoms with E-state index in [0.29, 0.717) is 29.2 Å². The average molecular weight is 479 g/mol. The number of hydrogen-bond acceptors (Lipinski definition) is 5. The van der Waals surface area contributed by atoms with Gasteiger partial charge in [-0.2, -0.15) is 0 Å². The molecule has 0 atom stereocenters. The van der Waals surface area contributed by atoms with Crippen LogP contribution in [-0.2, 0) is 11.3 Å². The molecule has 0 aliphatic carbocycles. The molecular formula is C25H19BrO5. The van der Waals surface area contributed by atoms with Crippen LogP contribution in [0.1, 0.15) is 37.4 Å². The van der Waals surface area contributed by atoms with E-state index in [-0.39, 0.29) is 17.5 Å². The maximum absolute atomic E-state index is 12.8. The monoisotopic (exact) mass is 478 g/mol. The van der Waals surface area contributed by atoms with E-state index in [0.717, 1.165) is 21.2 Å². The van der Waals surface area contributed by atoms with Gasteiger partial charge in [0.25, 0.3) is 0 Å². The van der Waals surface area contributed by atoms with Gasteiger partial charge in [-0.05, 0) is 54.0 Å². The Kier molecular flexibility index (Phi) is 5.91. The molecule has 0 aromatic heterocycles. The van der Waals surface area contributed by atoms with E-state index >= 15 is 0 Å². The minimum absolute atomic E-state index is 0.145. The van der Waals surface area contributed by atoms with Gasteiger partial charge < -0.3 is 14.2 Å².